The van der Waals surface area contributed by atoms with Crippen LogP contribution in [-0.4, -0.2) is 4.37 Å². The van der Waals surface area contributed by atoms with Crippen LogP contribution in [-0.2, 0) is 0 Å². The van der Waals surface area contributed by atoms with Gasteiger partial charge >= 0.3 is 0 Å². The number of benzene rings is 1. The van der Waals surface area contributed by atoms with Gasteiger partial charge in [0.1, 0.15) is 0 Å². The highest BCUT2D eigenvalue weighted by Gasteiger charge is 2.16. The van der Waals surface area contributed by atoms with E-state index in [9.17, 15) is 4.79 Å². The maximum Gasteiger partial charge on any atom is 0.265 e. The minimum Gasteiger partial charge on any atom is -0.277 e. The normalized spacial score (nSPS) is 18.0. The van der Waals surface area contributed by atoms with Crippen LogP contribution in [0.15, 0.2) is 23.0 Å². The van der Waals surface area contributed by atoms with E-state index in [-0.39, 0.29) is 5.56 Å². The Balaban J connectivity index is 2.03. The Kier molecular flexibility index (Phi) is 2.56. The maximum absolute atomic E-state index is 11.6. The number of aromatic nitrogens is 1. The standard InChI is InChI=1S/C13H15NOS/c15-13-11-8-10(6-7-12(11)16-14-13)9-4-2-1-3-5-9/h6-9H,1-5H2,(H,14,15). The summed E-state index contributed by atoms with van der Waals surface area (Å²) in [5.41, 5.74) is 1.42. The van der Waals surface area contributed by atoms with Gasteiger partial charge in [0.25, 0.3) is 5.56 Å². The summed E-state index contributed by atoms with van der Waals surface area (Å²) in [5.74, 6) is 0.678. The highest BCUT2D eigenvalue weighted by Crippen LogP contribution is 2.33. The van der Waals surface area contributed by atoms with Gasteiger partial charge in [0, 0.05) is 0 Å². The number of rotatable bonds is 1. The van der Waals surface area contributed by atoms with Crippen molar-refractivity contribution in [3.8, 4) is 0 Å². The van der Waals surface area contributed by atoms with Crippen LogP contribution in [0.5, 0.6) is 0 Å². The van der Waals surface area contributed by atoms with Crippen LogP contribution in [0.1, 0.15) is 43.6 Å². The van der Waals surface area contributed by atoms with Gasteiger partial charge in [0.15, 0.2) is 0 Å². The molecule has 2 aromatic rings. The van der Waals surface area contributed by atoms with Crippen LogP contribution in [0.2, 0.25) is 0 Å². The Bertz CT molecular complexity index is 548. The Morgan fingerprint density at radius 3 is 2.81 bits per heavy atom. The predicted molar refractivity (Wildman–Crippen MR) is 68.3 cm³/mol. The number of fused-ring (bicyclic) bond motifs is 1. The minimum atomic E-state index is 0.0673. The molecule has 0 saturated heterocycles. The second-order valence-electron chi connectivity index (χ2n) is 4.62. The van der Waals surface area contributed by atoms with Crippen molar-refractivity contribution < 1.29 is 0 Å². The van der Waals surface area contributed by atoms with E-state index in [0.29, 0.717) is 5.92 Å². The van der Waals surface area contributed by atoms with E-state index in [1.54, 1.807) is 0 Å². The summed E-state index contributed by atoms with van der Waals surface area (Å²) in [6.45, 7) is 0. The molecule has 0 spiro atoms. The molecule has 1 N–H and O–H groups in total. The molecule has 1 fully saturated rings. The molecule has 16 heavy (non-hydrogen) atoms. The Labute approximate surface area is 98.5 Å². The van der Waals surface area contributed by atoms with Crippen molar-refractivity contribution in [3.63, 3.8) is 0 Å². The molecule has 1 aromatic heterocycles. The molecule has 0 aliphatic heterocycles. The number of nitrogens with one attached hydrogen (secondary N) is 1. The van der Waals surface area contributed by atoms with Gasteiger partial charge in [-0.25, -0.2) is 0 Å². The third-order valence-corrected chi connectivity index (χ3v) is 4.44. The lowest BCUT2D eigenvalue weighted by atomic mass is 9.84. The van der Waals surface area contributed by atoms with Gasteiger partial charge in [-0.1, -0.05) is 36.9 Å². The van der Waals surface area contributed by atoms with Crippen molar-refractivity contribution in [2.24, 2.45) is 0 Å². The fraction of sp³-hybridized carbons (Fsp3) is 0.462. The number of H-pyrrole nitrogens is 1. The first-order valence-corrected chi connectivity index (χ1v) is 6.77. The first-order chi connectivity index (χ1) is 7.84. The fourth-order valence-corrected chi connectivity index (χ4v) is 3.37. The topological polar surface area (TPSA) is 32.9 Å². The van der Waals surface area contributed by atoms with Crippen LogP contribution in [0.25, 0.3) is 10.1 Å². The number of hydrogen-bond donors (Lipinski definition) is 1. The van der Waals surface area contributed by atoms with Crippen LogP contribution >= 0.6 is 11.5 Å². The van der Waals surface area contributed by atoms with Crippen molar-refractivity contribution in [1.29, 1.82) is 0 Å². The SMILES string of the molecule is O=c1[nH]sc2ccc(C3CCCCC3)cc12. The molecule has 0 atom stereocenters. The summed E-state index contributed by atoms with van der Waals surface area (Å²) in [6.07, 6.45) is 6.62. The van der Waals surface area contributed by atoms with E-state index in [1.807, 2.05) is 0 Å². The molecule has 1 aromatic carbocycles. The highest BCUT2D eigenvalue weighted by atomic mass is 32.1. The first-order valence-electron chi connectivity index (χ1n) is 5.96. The zero-order chi connectivity index (χ0) is 11.0. The summed E-state index contributed by atoms with van der Waals surface area (Å²) < 4.78 is 3.87. The van der Waals surface area contributed by atoms with Crippen LogP contribution in [0, 0.1) is 0 Å². The molecule has 1 heterocycles. The molecular weight excluding hydrogens is 218 g/mol. The molecule has 1 aliphatic carbocycles. The van der Waals surface area contributed by atoms with Crippen molar-refractivity contribution in [2.45, 2.75) is 38.0 Å². The zero-order valence-electron chi connectivity index (χ0n) is 9.16. The lowest BCUT2D eigenvalue weighted by Gasteiger charge is -2.21. The monoisotopic (exact) mass is 233 g/mol. The van der Waals surface area contributed by atoms with E-state index in [4.69, 9.17) is 0 Å². The molecule has 84 valence electrons. The van der Waals surface area contributed by atoms with Crippen molar-refractivity contribution in [2.75, 3.05) is 0 Å². The molecule has 1 aliphatic rings. The molecule has 3 heteroatoms. The molecule has 2 nitrogen and oxygen atoms in total. The van der Waals surface area contributed by atoms with Crippen LogP contribution < -0.4 is 5.56 Å². The third-order valence-electron chi connectivity index (χ3n) is 3.58. The van der Waals surface area contributed by atoms with Gasteiger partial charge in [-0.2, -0.15) is 0 Å². The van der Waals surface area contributed by atoms with E-state index in [1.165, 1.54) is 49.2 Å². The van der Waals surface area contributed by atoms with Crippen molar-refractivity contribution in [3.05, 3.63) is 34.1 Å². The molecule has 3 rings (SSSR count). The third kappa shape index (κ3) is 1.69. The van der Waals surface area contributed by atoms with E-state index in [0.717, 1.165) is 10.1 Å². The predicted octanol–water partition coefficient (Wildman–Crippen LogP) is 3.64. The lowest BCUT2D eigenvalue weighted by Crippen LogP contribution is -2.05. The number of hydrogen-bond acceptors (Lipinski definition) is 2. The fourth-order valence-electron chi connectivity index (χ4n) is 2.66. The van der Waals surface area contributed by atoms with Gasteiger partial charge < -0.3 is 0 Å². The van der Waals surface area contributed by atoms with E-state index < -0.39 is 0 Å². The molecule has 0 bridgehead atoms. The summed E-state index contributed by atoms with van der Waals surface area (Å²) in [4.78, 5) is 11.6. The molecule has 0 amide bonds. The molecule has 0 radical (unpaired) electrons. The average molecular weight is 233 g/mol. The molecular formula is C13H15NOS. The Hall–Kier alpha value is -1.09. The quantitative estimate of drug-likeness (QED) is 0.801. The minimum absolute atomic E-state index is 0.0673. The summed E-state index contributed by atoms with van der Waals surface area (Å²) >= 11 is 1.43. The van der Waals surface area contributed by atoms with Crippen molar-refractivity contribution >= 4 is 21.6 Å². The average Bonchev–Trinajstić information content (AvgIpc) is 2.72. The second-order valence-corrected chi connectivity index (χ2v) is 5.47. The van der Waals surface area contributed by atoms with Gasteiger partial charge in [-0.3, -0.25) is 9.17 Å². The highest BCUT2D eigenvalue weighted by molar-refractivity contribution is 7.13. The Morgan fingerprint density at radius 1 is 1.19 bits per heavy atom. The van der Waals surface area contributed by atoms with Gasteiger partial charge in [-0.15, -0.1) is 0 Å². The summed E-state index contributed by atoms with van der Waals surface area (Å²) in [5, 5.41) is 0.869. The van der Waals surface area contributed by atoms with Crippen LogP contribution in [0.4, 0.5) is 0 Å². The smallest absolute Gasteiger partial charge is 0.265 e. The Morgan fingerprint density at radius 2 is 2.00 bits per heavy atom. The first kappa shape index (κ1) is 10.1. The second kappa shape index (κ2) is 4.06. The molecule has 1 saturated carbocycles. The number of aromatic amines is 1. The summed E-state index contributed by atoms with van der Waals surface area (Å²) in [7, 11) is 0. The largest absolute Gasteiger partial charge is 0.277 e. The van der Waals surface area contributed by atoms with E-state index >= 15 is 0 Å². The maximum atomic E-state index is 11.6. The summed E-state index contributed by atoms with van der Waals surface area (Å²) in [6, 6.07) is 6.38. The van der Waals surface area contributed by atoms with Crippen LogP contribution in [0.3, 0.4) is 0 Å². The lowest BCUT2D eigenvalue weighted by molar-refractivity contribution is 0.444. The van der Waals surface area contributed by atoms with Gasteiger partial charge in [-0.05, 0) is 36.5 Å². The van der Waals surface area contributed by atoms with Crippen molar-refractivity contribution in [1.82, 2.24) is 4.37 Å². The van der Waals surface area contributed by atoms with Gasteiger partial charge in [0.2, 0.25) is 0 Å². The zero-order valence-corrected chi connectivity index (χ0v) is 9.98. The van der Waals surface area contributed by atoms with E-state index in [2.05, 4.69) is 22.6 Å². The molecule has 0 unspecified atom stereocenters. The van der Waals surface area contributed by atoms with Gasteiger partial charge in [0.05, 0.1) is 10.1 Å².